The van der Waals surface area contributed by atoms with Crippen molar-refractivity contribution in [3.8, 4) is 11.4 Å². The van der Waals surface area contributed by atoms with Crippen LogP contribution in [0.25, 0.3) is 5.69 Å². The van der Waals surface area contributed by atoms with Gasteiger partial charge in [0.1, 0.15) is 19.0 Å². The van der Waals surface area contributed by atoms with Crippen molar-refractivity contribution in [1.82, 2.24) is 19.8 Å². The number of rotatable bonds is 5. The van der Waals surface area contributed by atoms with Crippen molar-refractivity contribution < 1.29 is 9.47 Å². The van der Waals surface area contributed by atoms with Gasteiger partial charge in [0.25, 0.3) is 0 Å². The molecule has 0 aliphatic carbocycles. The number of ether oxygens (including phenoxy) is 2. The lowest BCUT2D eigenvalue weighted by atomic mass is 10.1. The molecular weight excluding hydrogens is 358 g/mol. The van der Waals surface area contributed by atoms with Gasteiger partial charge in [-0.05, 0) is 59.7 Å². The number of tetrazole rings is 1. The Morgan fingerprint density at radius 2 is 2.00 bits per heavy atom. The zero-order chi connectivity index (χ0) is 19.7. The van der Waals surface area contributed by atoms with Gasteiger partial charge >= 0.3 is 5.69 Å². The number of hydrogen-bond acceptors (Lipinski definition) is 6. The molecule has 0 spiro atoms. The van der Waals surface area contributed by atoms with Crippen molar-refractivity contribution in [3.63, 3.8) is 0 Å². The van der Waals surface area contributed by atoms with Crippen LogP contribution in [0.2, 0.25) is 0 Å². The van der Waals surface area contributed by atoms with Crippen molar-refractivity contribution in [3.05, 3.63) is 69.1 Å². The minimum atomic E-state index is -0.301. The maximum atomic E-state index is 12.3. The van der Waals surface area contributed by atoms with Gasteiger partial charge in [0.2, 0.25) is 5.90 Å². The molecule has 4 rings (SSSR count). The fourth-order valence-electron chi connectivity index (χ4n) is 3.14. The van der Waals surface area contributed by atoms with Gasteiger partial charge in [-0.15, -0.1) is 0 Å². The second-order valence-electron chi connectivity index (χ2n) is 6.67. The molecule has 28 heavy (non-hydrogen) atoms. The minimum absolute atomic E-state index is 0.301. The van der Waals surface area contributed by atoms with Crippen LogP contribution < -0.4 is 10.4 Å². The van der Waals surface area contributed by atoms with E-state index in [-0.39, 0.29) is 5.69 Å². The number of aromatic nitrogens is 4. The van der Waals surface area contributed by atoms with Crippen molar-refractivity contribution >= 4 is 5.90 Å². The third-order valence-corrected chi connectivity index (χ3v) is 4.71. The van der Waals surface area contributed by atoms with Crippen LogP contribution in [0.4, 0.5) is 0 Å². The molecular formula is C20H21N5O3. The summed E-state index contributed by atoms with van der Waals surface area (Å²) in [6, 6.07) is 11.6. The van der Waals surface area contributed by atoms with Gasteiger partial charge in [-0.2, -0.15) is 9.36 Å². The SMILES string of the molecule is Cc1cc(C2=NCCO2)ccc1OCc1c(C)cccc1-n1nnn(C)c1=O. The highest BCUT2D eigenvalue weighted by Gasteiger charge is 2.15. The van der Waals surface area contributed by atoms with Gasteiger partial charge < -0.3 is 9.47 Å². The predicted molar refractivity (Wildman–Crippen MR) is 104 cm³/mol. The van der Waals surface area contributed by atoms with Gasteiger partial charge in [-0.3, -0.25) is 0 Å². The molecule has 3 aromatic rings. The number of hydrogen-bond donors (Lipinski definition) is 0. The molecule has 0 radical (unpaired) electrons. The first kappa shape index (κ1) is 18.0. The maximum absolute atomic E-state index is 12.3. The van der Waals surface area contributed by atoms with E-state index in [1.54, 1.807) is 7.05 Å². The minimum Gasteiger partial charge on any atom is -0.489 e. The molecule has 8 heteroatoms. The van der Waals surface area contributed by atoms with E-state index < -0.39 is 0 Å². The Morgan fingerprint density at radius 3 is 2.68 bits per heavy atom. The molecule has 144 valence electrons. The van der Waals surface area contributed by atoms with Crippen LogP contribution >= 0.6 is 0 Å². The molecule has 0 unspecified atom stereocenters. The molecule has 1 aromatic heterocycles. The lowest BCUT2D eigenvalue weighted by molar-refractivity contribution is 0.302. The quantitative estimate of drug-likeness (QED) is 0.676. The maximum Gasteiger partial charge on any atom is 0.368 e. The predicted octanol–water partition coefficient (Wildman–Crippen LogP) is 1.94. The summed E-state index contributed by atoms with van der Waals surface area (Å²) in [5.74, 6) is 1.45. The highest BCUT2D eigenvalue weighted by atomic mass is 16.5. The second kappa shape index (κ2) is 7.30. The molecule has 0 saturated heterocycles. The standard InChI is InChI=1S/C20H21N5O3/c1-13-5-4-6-17(25-20(26)24(3)22-23-25)16(13)12-28-18-8-7-15(11-14(18)2)19-21-9-10-27-19/h4-8,11H,9-10,12H2,1-3H3. The Labute approximate surface area is 162 Å². The number of aryl methyl sites for hydroxylation is 3. The average molecular weight is 379 g/mol. The Balaban J connectivity index is 1.60. The molecule has 0 N–H and O–H groups in total. The van der Waals surface area contributed by atoms with E-state index in [4.69, 9.17) is 9.47 Å². The van der Waals surface area contributed by atoms with Crippen molar-refractivity contribution in [2.75, 3.05) is 13.2 Å². The number of nitrogens with zero attached hydrogens (tertiary/aromatic N) is 5. The van der Waals surface area contributed by atoms with Crippen LogP contribution in [0.1, 0.15) is 22.3 Å². The molecule has 2 heterocycles. The van der Waals surface area contributed by atoms with Crippen LogP contribution in [0.15, 0.2) is 46.2 Å². The van der Waals surface area contributed by atoms with E-state index in [2.05, 4.69) is 15.4 Å². The van der Waals surface area contributed by atoms with Gasteiger partial charge in [0.05, 0.1) is 12.2 Å². The molecule has 1 aliphatic heterocycles. The Kier molecular flexibility index (Phi) is 4.68. The van der Waals surface area contributed by atoms with Gasteiger partial charge in [0, 0.05) is 18.2 Å². The largest absolute Gasteiger partial charge is 0.489 e. The van der Waals surface area contributed by atoms with E-state index in [9.17, 15) is 4.79 Å². The molecule has 0 fully saturated rings. The molecule has 0 amide bonds. The normalized spacial score (nSPS) is 13.3. The van der Waals surface area contributed by atoms with Crippen molar-refractivity contribution in [2.24, 2.45) is 12.0 Å². The summed E-state index contributed by atoms with van der Waals surface area (Å²) < 4.78 is 14.1. The van der Waals surface area contributed by atoms with Crippen molar-refractivity contribution in [2.45, 2.75) is 20.5 Å². The molecule has 2 aromatic carbocycles. The summed E-state index contributed by atoms with van der Waals surface area (Å²) >= 11 is 0. The summed E-state index contributed by atoms with van der Waals surface area (Å²) in [6.45, 7) is 5.60. The lowest BCUT2D eigenvalue weighted by Crippen LogP contribution is -2.23. The third kappa shape index (κ3) is 3.28. The zero-order valence-corrected chi connectivity index (χ0v) is 16.0. The summed E-state index contributed by atoms with van der Waals surface area (Å²) in [5, 5.41) is 7.75. The van der Waals surface area contributed by atoms with Crippen LogP contribution in [-0.4, -0.2) is 38.8 Å². The zero-order valence-electron chi connectivity index (χ0n) is 16.0. The first-order valence-corrected chi connectivity index (χ1v) is 9.03. The smallest absolute Gasteiger partial charge is 0.368 e. The lowest BCUT2D eigenvalue weighted by Gasteiger charge is -2.15. The summed E-state index contributed by atoms with van der Waals surface area (Å²) in [5.41, 5.74) is 4.20. The summed E-state index contributed by atoms with van der Waals surface area (Å²) in [4.78, 5) is 16.6. The Bertz CT molecular complexity index is 1110. The molecule has 8 nitrogen and oxygen atoms in total. The second-order valence-corrected chi connectivity index (χ2v) is 6.67. The monoisotopic (exact) mass is 379 g/mol. The first-order chi connectivity index (χ1) is 13.5. The van der Waals surface area contributed by atoms with Crippen LogP contribution in [-0.2, 0) is 18.4 Å². The van der Waals surface area contributed by atoms with Crippen LogP contribution in [0.5, 0.6) is 5.75 Å². The molecule has 1 aliphatic rings. The Morgan fingerprint density at radius 1 is 1.14 bits per heavy atom. The molecule has 0 bridgehead atoms. The fraction of sp³-hybridized carbons (Fsp3) is 0.300. The van der Waals surface area contributed by atoms with Crippen LogP contribution in [0, 0.1) is 13.8 Å². The van der Waals surface area contributed by atoms with Gasteiger partial charge in [0.15, 0.2) is 0 Å². The van der Waals surface area contributed by atoms with E-state index in [0.717, 1.165) is 28.0 Å². The highest BCUT2D eigenvalue weighted by Crippen LogP contribution is 2.24. The van der Waals surface area contributed by atoms with Gasteiger partial charge in [-0.1, -0.05) is 12.1 Å². The van der Waals surface area contributed by atoms with Crippen molar-refractivity contribution in [1.29, 1.82) is 0 Å². The number of aliphatic imine (C=N–C) groups is 1. The van der Waals surface area contributed by atoms with E-state index >= 15 is 0 Å². The highest BCUT2D eigenvalue weighted by molar-refractivity contribution is 5.95. The molecule has 0 saturated carbocycles. The van der Waals surface area contributed by atoms with E-state index in [1.807, 2.05) is 50.2 Å². The summed E-state index contributed by atoms with van der Waals surface area (Å²) in [7, 11) is 1.57. The Hall–Kier alpha value is -3.42. The van der Waals surface area contributed by atoms with E-state index in [0.29, 0.717) is 31.3 Å². The van der Waals surface area contributed by atoms with Gasteiger partial charge in [-0.25, -0.2) is 9.79 Å². The number of benzene rings is 2. The fourth-order valence-corrected chi connectivity index (χ4v) is 3.14. The third-order valence-electron chi connectivity index (χ3n) is 4.71. The molecule has 0 atom stereocenters. The topological polar surface area (TPSA) is 83.5 Å². The first-order valence-electron chi connectivity index (χ1n) is 9.03. The summed E-state index contributed by atoms with van der Waals surface area (Å²) in [6.07, 6.45) is 0. The van der Waals surface area contributed by atoms with E-state index in [1.165, 1.54) is 9.36 Å². The average Bonchev–Trinajstić information content (AvgIpc) is 3.33. The van der Waals surface area contributed by atoms with Crippen LogP contribution in [0.3, 0.4) is 0 Å².